The van der Waals surface area contributed by atoms with Gasteiger partial charge < -0.3 is 9.80 Å². The second-order valence-electron chi connectivity index (χ2n) is 8.07. The van der Waals surface area contributed by atoms with Gasteiger partial charge in [-0.05, 0) is 0 Å². The number of rotatable bonds is 2. The van der Waals surface area contributed by atoms with E-state index in [0.29, 0.717) is 6.42 Å². The van der Waals surface area contributed by atoms with Crippen molar-refractivity contribution in [2.75, 3.05) is 45.2 Å². The molecule has 0 radical (unpaired) electrons. The van der Waals surface area contributed by atoms with Crippen LogP contribution in [-0.2, 0) is 10.2 Å². The molecular weight excluding hydrogens is 332 g/mol. The number of urea groups is 1. The number of imide groups is 1. The van der Waals surface area contributed by atoms with E-state index in [1.807, 2.05) is 0 Å². The van der Waals surface area contributed by atoms with Gasteiger partial charge in [0.2, 0.25) is 5.91 Å². The monoisotopic (exact) mass is 360 g/mol. The Kier molecular flexibility index (Phi) is 4.88. The van der Waals surface area contributed by atoms with E-state index in [1.54, 1.807) is 18.3 Å². The number of anilines is 1. The Morgan fingerprint density at radius 2 is 1.69 bits per heavy atom. The quantitative estimate of drug-likeness (QED) is 0.787. The number of carbonyl (C=O) groups is 2. The lowest BCUT2D eigenvalue weighted by atomic mass is 9.92. The fraction of sp³-hybridized carbons (Fsp3) is 0.667. The van der Waals surface area contributed by atoms with Crippen LogP contribution in [0.1, 0.15) is 32.9 Å². The molecule has 3 amide bonds. The molecular formula is C18H28N6O2. The zero-order valence-corrected chi connectivity index (χ0v) is 16.3. The lowest BCUT2D eigenvalue weighted by Gasteiger charge is -2.45. The minimum Gasteiger partial charge on any atom is -0.354 e. The molecule has 2 aliphatic rings. The van der Waals surface area contributed by atoms with Gasteiger partial charge in [-0.15, -0.1) is 0 Å². The van der Waals surface area contributed by atoms with Crippen molar-refractivity contribution in [2.24, 2.45) is 0 Å². The molecule has 142 valence electrons. The normalized spacial score (nSPS) is 23.0. The number of nitrogens with zero attached hydrogens (tertiary/aromatic N) is 6. The van der Waals surface area contributed by atoms with E-state index in [0.717, 1.165) is 37.7 Å². The van der Waals surface area contributed by atoms with Crippen molar-refractivity contribution < 1.29 is 9.59 Å². The molecule has 0 saturated carbocycles. The summed E-state index contributed by atoms with van der Waals surface area (Å²) >= 11 is 0. The second-order valence-corrected chi connectivity index (χ2v) is 8.07. The van der Waals surface area contributed by atoms with E-state index in [1.165, 1.54) is 11.9 Å². The number of amides is 3. The Hall–Kier alpha value is -2.22. The molecule has 2 saturated heterocycles. The Balaban J connectivity index is 1.66. The molecule has 1 aromatic heterocycles. The maximum Gasteiger partial charge on any atom is 0.327 e. The van der Waals surface area contributed by atoms with Crippen molar-refractivity contribution in [2.45, 2.75) is 38.8 Å². The van der Waals surface area contributed by atoms with E-state index < -0.39 is 0 Å². The zero-order chi connectivity index (χ0) is 19.1. The van der Waals surface area contributed by atoms with Crippen LogP contribution >= 0.6 is 0 Å². The molecule has 1 aromatic rings. The average Bonchev–Trinajstić information content (AvgIpc) is 2.62. The topological polar surface area (TPSA) is 72.9 Å². The molecule has 0 aromatic carbocycles. The highest BCUT2D eigenvalue weighted by Crippen LogP contribution is 2.25. The van der Waals surface area contributed by atoms with Gasteiger partial charge in [0.15, 0.2) is 0 Å². The number of hydrogen-bond donors (Lipinski definition) is 0. The lowest BCUT2D eigenvalue weighted by molar-refractivity contribution is -0.134. The van der Waals surface area contributed by atoms with Crippen molar-refractivity contribution >= 4 is 17.8 Å². The Labute approximate surface area is 154 Å². The maximum absolute atomic E-state index is 12.2. The second kappa shape index (κ2) is 6.83. The van der Waals surface area contributed by atoms with Gasteiger partial charge in [-0.25, -0.2) is 14.8 Å². The van der Waals surface area contributed by atoms with Gasteiger partial charge in [-0.1, -0.05) is 20.8 Å². The van der Waals surface area contributed by atoms with Gasteiger partial charge in [-0.2, -0.15) is 0 Å². The summed E-state index contributed by atoms with van der Waals surface area (Å²) in [5.74, 6) is 0.819. The van der Waals surface area contributed by atoms with E-state index in [9.17, 15) is 9.59 Å². The summed E-state index contributed by atoms with van der Waals surface area (Å²) in [5, 5.41) is 0. The van der Waals surface area contributed by atoms with Gasteiger partial charge in [0.25, 0.3) is 0 Å². The van der Waals surface area contributed by atoms with E-state index in [4.69, 9.17) is 0 Å². The fourth-order valence-electron chi connectivity index (χ4n) is 3.45. The number of hydrogen-bond acceptors (Lipinski definition) is 6. The molecule has 1 unspecified atom stereocenters. The summed E-state index contributed by atoms with van der Waals surface area (Å²) in [5.41, 5.74) is 1.01. The smallest absolute Gasteiger partial charge is 0.327 e. The van der Waals surface area contributed by atoms with Crippen molar-refractivity contribution in [1.29, 1.82) is 0 Å². The fourth-order valence-corrected chi connectivity index (χ4v) is 3.45. The molecule has 2 fully saturated rings. The van der Waals surface area contributed by atoms with Crippen LogP contribution in [0.4, 0.5) is 10.6 Å². The highest BCUT2D eigenvalue weighted by atomic mass is 16.2. The first-order valence-corrected chi connectivity index (χ1v) is 9.03. The Bertz CT molecular complexity index is 693. The van der Waals surface area contributed by atoms with Gasteiger partial charge in [0.05, 0.1) is 18.3 Å². The highest BCUT2D eigenvalue weighted by Gasteiger charge is 2.38. The summed E-state index contributed by atoms with van der Waals surface area (Å²) < 4.78 is 0. The molecule has 0 N–H and O–H groups in total. The molecule has 2 aliphatic heterocycles. The molecule has 0 aliphatic carbocycles. The first kappa shape index (κ1) is 18.6. The van der Waals surface area contributed by atoms with Crippen LogP contribution in [0.2, 0.25) is 0 Å². The van der Waals surface area contributed by atoms with Crippen LogP contribution in [0.5, 0.6) is 0 Å². The minimum atomic E-state index is -0.237. The van der Waals surface area contributed by atoms with Crippen LogP contribution in [0, 0.1) is 0 Å². The SMILES string of the molecule is CN1C(=O)CC(N2CCN(c3cc(C(C)(C)C)ncn3)CC2)N(C)C1=O. The largest absolute Gasteiger partial charge is 0.354 e. The van der Waals surface area contributed by atoms with Gasteiger partial charge in [-0.3, -0.25) is 14.6 Å². The minimum absolute atomic E-state index is 0.0168. The average molecular weight is 360 g/mol. The van der Waals surface area contributed by atoms with E-state index in [2.05, 4.69) is 46.6 Å². The first-order valence-electron chi connectivity index (χ1n) is 9.03. The standard InChI is InChI=1S/C18H28N6O2/c1-18(2,3)13-10-14(20-12-19-13)23-6-8-24(9-7-23)15-11-16(25)22(5)17(26)21(15)4/h10,12,15H,6-9,11H2,1-5H3. The van der Waals surface area contributed by atoms with Crippen LogP contribution in [0.15, 0.2) is 12.4 Å². The molecule has 0 bridgehead atoms. The van der Waals surface area contributed by atoms with Gasteiger partial charge in [0, 0.05) is 51.8 Å². The predicted octanol–water partition coefficient (Wildman–Crippen LogP) is 1.14. The first-order chi connectivity index (χ1) is 12.2. The molecule has 8 heteroatoms. The maximum atomic E-state index is 12.2. The summed E-state index contributed by atoms with van der Waals surface area (Å²) in [6.07, 6.45) is 1.81. The van der Waals surface area contributed by atoms with Gasteiger partial charge >= 0.3 is 6.03 Å². The Morgan fingerprint density at radius 1 is 1.04 bits per heavy atom. The number of piperazine rings is 1. The third kappa shape index (κ3) is 3.51. The van der Waals surface area contributed by atoms with E-state index >= 15 is 0 Å². The Morgan fingerprint density at radius 3 is 2.31 bits per heavy atom. The highest BCUT2D eigenvalue weighted by molar-refractivity contribution is 5.96. The summed E-state index contributed by atoms with van der Waals surface area (Å²) in [6, 6.07) is 1.82. The van der Waals surface area contributed by atoms with Crippen molar-refractivity contribution in [3.05, 3.63) is 18.1 Å². The molecule has 3 rings (SSSR count). The molecule has 8 nitrogen and oxygen atoms in total. The van der Waals surface area contributed by atoms with Crippen LogP contribution in [0.3, 0.4) is 0 Å². The van der Waals surface area contributed by atoms with E-state index in [-0.39, 0.29) is 23.5 Å². The third-order valence-corrected chi connectivity index (χ3v) is 5.25. The zero-order valence-electron chi connectivity index (χ0n) is 16.3. The summed E-state index contributed by atoms with van der Waals surface area (Å²) in [6.45, 7) is 9.61. The number of aromatic nitrogens is 2. The predicted molar refractivity (Wildman–Crippen MR) is 98.9 cm³/mol. The molecule has 1 atom stereocenters. The van der Waals surface area contributed by atoms with Crippen LogP contribution in [-0.4, -0.2) is 83.0 Å². The van der Waals surface area contributed by atoms with Crippen molar-refractivity contribution in [3.8, 4) is 0 Å². The van der Waals surface area contributed by atoms with Crippen LogP contribution < -0.4 is 4.90 Å². The molecule has 3 heterocycles. The molecule has 0 spiro atoms. The number of carbonyl (C=O) groups excluding carboxylic acids is 2. The van der Waals surface area contributed by atoms with Crippen LogP contribution in [0.25, 0.3) is 0 Å². The van der Waals surface area contributed by atoms with Gasteiger partial charge in [0.1, 0.15) is 12.1 Å². The summed E-state index contributed by atoms with van der Waals surface area (Å²) in [7, 11) is 3.31. The summed E-state index contributed by atoms with van der Waals surface area (Å²) in [4.78, 5) is 40.4. The molecule has 26 heavy (non-hydrogen) atoms. The van der Waals surface area contributed by atoms with Crippen molar-refractivity contribution in [1.82, 2.24) is 24.7 Å². The lowest BCUT2D eigenvalue weighted by Crippen LogP contribution is -2.62. The third-order valence-electron chi connectivity index (χ3n) is 5.25. The van der Waals surface area contributed by atoms with Crippen molar-refractivity contribution in [3.63, 3.8) is 0 Å².